The lowest BCUT2D eigenvalue weighted by molar-refractivity contribution is 0.343. The fraction of sp³-hybridized carbons (Fsp3) is 0.389. The minimum Gasteiger partial charge on any atom is -0.497 e. The first kappa shape index (κ1) is 15.6. The summed E-state index contributed by atoms with van der Waals surface area (Å²) < 4.78 is 20.5. The lowest BCUT2D eigenvalue weighted by Crippen LogP contribution is -2.25. The summed E-state index contributed by atoms with van der Waals surface area (Å²) in [5.41, 5.74) is 3.91. The van der Waals surface area contributed by atoms with Gasteiger partial charge in [0.2, 0.25) is 0 Å². The van der Waals surface area contributed by atoms with Crippen LogP contribution in [0.5, 0.6) is 5.75 Å². The SMILES string of the molecule is CCN(CCC(C)F)c1ccn2c(c1)nc1ccc(OC)cc12. The van der Waals surface area contributed by atoms with Crippen molar-refractivity contribution in [2.75, 3.05) is 25.1 Å². The molecule has 5 heteroatoms. The molecule has 0 N–H and O–H groups in total. The lowest BCUT2D eigenvalue weighted by atomic mass is 10.2. The van der Waals surface area contributed by atoms with E-state index in [1.54, 1.807) is 14.0 Å². The van der Waals surface area contributed by atoms with Crippen LogP contribution in [0.15, 0.2) is 36.5 Å². The monoisotopic (exact) mass is 315 g/mol. The highest BCUT2D eigenvalue weighted by Gasteiger charge is 2.10. The van der Waals surface area contributed by atoms with Crippen LogP contribution in [0.25, 0.3) is 16.7 Å². The second-order valence-electron chi connectivity index (χ2n) is 5.73. The molecular formula is C18H22FN3O. The van der Waals surface area contributed by atoms with Crippen LogP contribution in [0.4, 0.5) is 10.1 Å². The molecular weight excluding hydrogens is 293 g/mol. The molecule has 0 aliphatic carbocycles. The first-order chi connectivity index (χ1) is 11.1. The summed E-state index contributed by atoms with van der Waals surface area (Å²) >= 11 is 0. The van der Waals surface area contributed by atoms with Crippen LogP contribution in [0.3, 0.4) is 0 Å². The average molecular weight is 315 g/mol. The highest BCUT2D eigenvalue weighted by atomic mass is 19.1. The van der Waals surface area contributed by atoms with E-state index in [0.717, 1.165) is 34.7 Å². The molecule has 0 amide bonds. The number of hydrogen-bond acceptors (Lipinski definition) is 3. The van der Waals surface area contributed by atoms with Gasteiger partial charge in [-0.1, -0.05) is 0 Å². The van der Waals surface area contributed by atoms with Crippen molar-refractivity contribution in [3.8, 4) is 5.75 Å². The largest absolute Gasteiger partial charge is 0.497 e. The third kappa shape index (κ3) is 3.09. The highest BCUT2D eigenvalue weighted by Crippen LogP contribution is 2.25. The number of halogens is 1. The van der Waals surface area contributed by atoms with E-state index in [-0.39, 0.29) is 0 Å². The average Bonchev–Trinajstić information content (AvgIpc) is 2.92. The zero-order valence-electron chi connectivity index (χ0n) is 13.8. The molecule has 0 fully saturated rings. The van der Waals surface area contributed by atoms with Gasteiger partial charge in [0.25, 0.3) is 0 Å². The van der Waals surface area contributed by atoms with Gasteiger partial charge in [-0.15, -0.1) is 0 Å². The Bertz CT molecular complexity index is 812. The van der Waals surface area contributed by atoms with Crippen LogP contribution in [0.1, 0.15) is 20.3 Å². The number of fused-ring (bicyclic) bond motifs is 3. The molecule has 3 aromatic rings. The van der Waals surface area contributed by atoms with Crippen molar-refractivity contribution in [2.45, 2.75) is 26.4 Å². The van der Waals surface area contributed by atoms with E-state index in [4.69, 9.17) is 4.74 Å². The number of aromatic nitrogens is 2. The lowest BCUT2D eigenvalue weighted by Gasteiger charge is -2.23. The maximum absolute atomic E-state index is 13.1. The van der Waals surface area contributed by atoms with Gasteiger partial charge in [-0.3, -0.25) is 4.40 Å². The number of imidazole rings is 1. The fourth-order valence-corrected chi connectivity index (χ4v) is 2.81. The van der Waals surface area contributed by atoms with Gasteiger partial charge in [0.05, 0.1) is 24.3 Å². The zero-order chi connectivity index (χ0) is 16.4. The second kappa shape index (κ2) is 6.44. The van der Waals surface area contributed by atoms with Crippen LogP contribution in [-0.2, 0) is 0 Å². The van der Waals surface area contributed by atoms with Crippen molar-refractivity contribution in [2.24, 2.45) is 0 Å². The number of hydrogen-bond donors (Lipinski definition) is 0. The van der Waals surface area contributed by atoms with Gasteiger partial charge < -0.3 is 9.64 Å². The number of methoxy groups -OCH3 is 1. The first-order valence-corrected chi connectivity index (χ1v) is 7.97. The Kier molecular flexibility index (Phi) is 4.37. The van der Waals surface area contributed by atoms with Crippen LogP contribution in [-0.4, -0.2) is 35.8 Å². The Morgan fingerprint density at radius 1 is 1.30 bits per heavy atom. The summed E-state index contributed by atoms with van der Waals surface area (Å²) in [5.74, 6) is 0.815. The van der Waals surface area contributed by atoms with Crippen molar-refractivity contribution >= 4 is 22.4 Å². The molecule has 0 radical (unpaired) electrons. The summed E-state index contributed by atoms with van der Waals surface area (Å²) in [6.45, 7) is 5.24. The van der Waals surface area contributed by atoms with E-state index < -0.39 is 6.17 Å². The number of alkyl halides is 1. The Morgan fingerprint density at radius 2 is 2.13 bits per heavy atom. The van der Waals surface area contributed by atoms with E-state index in [0.29, 0.717) is 13.0 Å². The van der Waals surface area contributed by atoms with Crippen LogP contribution >= 0.6 is 0 Å². The van der Waals surface area contributed by atoms with Gasteiger partial charge in [0, 0.05) is 37.1 Å². The van der Waals surface area contributed by atoms with Crippen molar-refractivity contribution in [3.63, 3.8) is 0 Å². The number of benzene rings is 1. The summed E-state index contributed by atoms with van der Waals surface area (Å²) in [6.07, 6.45) is 1.77. The number of pyridine rings is 1. The molecule has 0 spiro atoms. The fourth-order valence-electron chi connectivity index (χ4n) is 2.81. The van der Waals surface area contributed by atoms with E-state index in [2.05, 4.69) is 28.9 Å². The minimum absolute atomic E-state index is 0.534. The van der Waals surface area contributed by atoms with E-state index in [1.807, 2.05) is 28.8 Å². The van der Waals surface area contributed by atoms with Crippen molar-refractivity contribution in [1.29, 1.82) is 0 Å². The predicted octanol–water partition coefficient (Wildman–Crippen LogP) is 4.07. The third-order valence-corrected chi connectivity index (χ3v) is 4.14. The van der Waals surface area contributed by atoms with Crippen molar-refractivity contribution in [3.05, 3.63) is 36.5 Å². The highest BCUT2D eigenvalue weighted by molar-refractivity contribution is 5.82. The number of nitrogens with zero attached hydrogens (tertiary/aromatic N) is 3. The molecule has 1 unspecified atom stereocenters. The molecule has 2 aromatic heterocycles. The Balaban J connectivity index is 1.99. The van der Waals surface area contributed by atoms with Gasteiger partial charge in [-0.2, -0.15) is 0 Å². The first-order valence-electron chi connectivity index (χ1n) is 7.97. The molecule has 0 saturated carbocycles. The normalized spacial score (nSPS) is 12.7. The number of ether oxygens (including phenoxy) is 1. The number of rotatable bonds is 6. The molecule has 0 saturated heterocycles. The molecule has 1 atom stereocenters. The summed E-state index contributed by atoms with van der Waals surface area (Å²) in [6, 6.07) is 9.97. The van der Waals surface area contributed by atoms with Gasteiger partial charge in [-0.05, 0) is 38.5 Å². The standard InChI is InChI=1S/C18H22FN3O/c1-4-21(9-7-13(2)19)14-8-10-22-17-12-15(23-3)5-6-16(17)20-18(22)11-14/h5-6,8,10-13H,4,7,9H2,1-3H3. The molecule has 23 heavy (non-hydrogen) atoms. The quantitative estimate of drug-likeness (QED) is 0.687. The van der Waals surface area contributed by atoms with E-state index >= 15 is 0 Å². The number of anilines is 1. The minimum atomic E-state index is -0.783. The molecule has 122 valence electrons. The molecule has 0 aliphatic rings. The maximum Gasteiger partial charge on any atom is 0.139 e. The summed E-state index contributed by atoms with van der Waals surface area (Å²) in [5, 5.41) is 0. The second-order valence-corrected chi connectivity index (χ2v) is 5.73. The van der Waals surface area contributed by atoms with Crippen molar-refractivity contribution in [1.82, 2.24) is 9.38 Å². The van der Waals surface area contributed by atoms with Crippen LogP contribution < -0.4 is 9.64 Å². The molecule has 3 rings (SSSR count). The predicted molar refractivity (Wildman–Crippen MR) is 92.3 cm³/mol. The third-order valence-electron chi connectivity index (χ3n) is 4.14. The summed E-state index contributed by atoms with van der Waals surface area (Å²) in [4.78, 5) is 6.85. The van der Waals surface area contributed by atoms with Crippen LogP contribution in [0, 0.1) is 0 Å². The smallest absolute Gasteiger partial charge is 0.139 e. The topological polar surface area (TPSA) is 29.8 Å². The van der Waals surface area contributed by atoms with Crippen LogP contribution in [0.2, 0.25) is 0 Å². The Hall–Kier alpha value is -2.30. The van der Waals surface area contributed by atoms with Gasteiger partial charge >= 0.3 is 0 Å². The zero-order valence-corrected chi connectivity index (χ0v) is 13.8. The summed E-state index contributed by atoms with van der Waals surface area (Å²) in [7, 11) is 1.66. The molecule has 1 aromatic carbocycles. The van der Waals surface area contributed by atoms with Crippen molar-refractivity contribution < 1.29 is 9.13 Å². The van der Waals surface area contributed by atoms with Gasteiger partial charge in [0.1, 0.15) is 11.4 Å². The van der Waals surface area contributed by atoms with Gasteiger partial charge in [-0.25, -0.2) is 9.37 Å². The van der Waals surface area contributed by atoms with E-state index in [9.17, 15) is 4.39 Å². The molecule has 0 aliphatic heterocycles. The molecule has 2 heterocycles. The Morgan fingerprint density at radius 3 is 2.83 bits per heavy atom. The van der Waals surface area contributed by atoms with E-state index in [1.165, 1.54) is 0 Å². The maximum atomic E-state index is 13.1. The molecule has 4 nitrogen and oxygen atoms in total. The molecule has 0 bridgehead atoms. The van der Waals surface area contributed by atoms with Gasteiger partial charge in [0.15, 0.2) is 0 Å². The Labute approximate surface area is 135 Å².